The summed E-state index contributed by atoms with van der Waals surface area (Å²) in [4.78, 5) is 23.6. The molecule has 2 aliphatic heterocycles. The Balaban J connectivity index is 1.45. The van der Waals surface area contributed by atoms with Crippen molar-refractivity contribution in [3.63, 3.8) is 0 Å². The number of aliphatic hydroxyl groups is 3. The number of aromatic hydroxyl groups is 1. The van der Waals surface area contributed by atoms with Crippen LogP contribution in [0.1, 0.15) is 11.1 Å². The molecule has 34 heavy (non-hydrogen) atoms. The van der Waals surface area contributed by atoms with Crippen molar-refractivity contribution >= 4 is 11.9 Å². The number of carboxylic acids is 1. The second kappa shape index (κ2) is 9.98. The lowest BCUT2D eigenvalue weighted by Crippen LogP contribution is -2.61. The number of cyclic esters (lactones) is 1. The average molecular weight is 474 g/mol. The van der Waals surface area contributed by atoms with Gasteiger partial charge in [-0.15, -0.1) is 0 Å². The zero-order valence-corrected chi connectivity index (χ0v) is 18.1. The zero-order chi connectivity index (χ0) is 24.4. The summed E-state index contributed by atoms with van der Waals surface area (Å²) in [6.45, 7) is 0.252. The van der Waals surface area contributed by atoms with Gasteiger partial charge in [0.25, 0.3) is 0 Å². The van der Waals surface area contributed by atoms with E-state index in [9.17, 15) is 35.1 Å². The topological polar surface area (TPSA) is 163 Å². The first kappa shape index (κ1) is 24.0. The van der Waals surface area contributed by atoms with Crippen LogP contribution in [0, 0.1) is 11.8 Å². The molecule has 5 N–H and O–H groups in total. The molecule has 4 rings (SSSR count). The first-order valence-corrected chi connectivity index (χ1v) is 10.9. The minimum Gasteiger partial charge on any atom is -0.508 e. The Labute approximate surface area is 194 Å². The van der Waals surface area contributed by atoms with Gasteiger partial charge in [-0.2, -0.15) is 0 Å². The van der Waals surface area contributed by atoms with E-state index in [1.54, 1.807) is 36.4 Å². The molecule has 0 aliphatic carbocycles. The van der Waals surface area contributed by atoms with Crippen molar-refractivity contribution in [2.75, 3.05) is 6.61 Å². The third kappa shape index (κ3) is 5.15. The summed E-state index contributed by atoms with van der Waals surface area (Å²) in [6.07, 6.45) is -7.59. The van der Waals surface area contributed by atoms with Crippen molar-refractivity contribution in [1.82, 2.24) is 0 Å². The van der Waals surface area contributed by atoms with Crippen molar-refractivity contribution in [1.29, 1.82) is 0 Å². The third-order valence-corrected chi connectivity index (χ3v) is 6.14. The molecule has 2 aliphatic rings. The maximum Gasteiger partial charge on any atom is 0.335 e. The van der Waals surface area contributed by atoms with Crippen LogP contribution in [0.25, 0.3) is 0 Å². The molecular weight excluding hydrogens is 448 g/mol. The largest absolute Gasteiger partial charge is 0.508 e. The maximum absolute atomic E-state index is 12.3. The fraction of sp³-hybridized carbons (Fsp3) is 0.417. The van der Waals surface area contributed by atoms with Gasteiger partial charge in [0, 0.05) is 5.92 Å². The number of phenols is 1. The molecule has 0 radical (unpaired) electrons. The van der Waals surface area contributed by atoms with Crippen molar-refractivity contribution in [3.05, 3.63) is 59.7 Å². The normalized spacial score (nSPS) is 31.1. The minimum absolute atomic E-state index is 0.116. The number of aliphatic carboxylic acids is 1. The van der Waals surface area contributed by atoms with Crippen LogP contribution in [0.4, 0.5) is 0 Å². The lowest BCUT2D eigenvalue weighted by molar-refractivity contribution is -0.271. The summed E-state index contributed by atoms with van der Waals surface area (Å²) in [5.74, 6) is -1.92. The van der Waals surface area contributed by atoms with E-state index in [1.165, 1.54) is 0 Å². The number of rotatable bonds is 7. The van der Waals surface area contributed by atoms with Crippen LogP contribution in [0.2, 0.25) is 0 Å². The predicted octanol–water partition coefficient (Wildman–Crippen LogP) is 0.238. The summed E-state index contributed by atoms with van der Waals surface area (Å²) in [5.41, 5.74) is 1.63. The molecule has 0 unspecified atom stereocenters. The smallest absolute Gasteiger partial charge is 0.335 e. The number of carbonyl (C=O) groups excluding carboxylic acids is 1. The highest BCUT2D eigenvalue weighted by Crippen LogP contribution is 2.31. The summed E-state index contributed by atoms with van der Waals surface area (Å²) < 4.78 is 16.0. The Morgan fingerprint density at radius 1 is 0.971 bits per heavy atom. The number of phenolic OH excluding ortho intramolecular Hbond substituents is 1. The molecule has 2 aromatic rings. The van der Waals surface area contributed by atoms with Gasteiger partial charge in [0.15, 0.2) is 6.10 Å². The summed E-state index contributed by atoms with van der Waals surface area (Å²) in [5, 5.41) is 48.8. The predicted molar refractivity (Wildman–Crippen MR) is 115 cm³/mol. The monoisotopic (exact) mass is 474 g/mol. The molecule has 2 fully saturated rings. The zero-order valence-electron chi connectivity index (χ0n) is 18.1. The highest BCUT2D eigenvalue weighted by atomic mass is 16.7. The van der Waals surface area contributed by atoms with Crippen molar-refractivity contribution < 1.29 is 49.3 Å². The number of carbonyl (C=O) groups is 2. The molecule has 0 amide bonds. The van der Waals surface area contributed by atoms with Gasteiger partial charge < -0.3 is 39.7 Å². The molecule has 7 atom stereocenters. The van der Waals surface area contributed by atoms with Crippen LogP contribution in [0.3, 0.4) is 0 Å². The van der Waals surface area contributed by atoms with Gasteiger partial charge in [-0.1, -0.05) is 24.3 Å². The average Bonchev–Trinajstić information content (AvgIpc) is 3.13. The van der Waals surface area contributed by atoms with E-state index in [1.807, 2.05) is 12.1 Å². The quantitative estimate of drug-likeness (QED) is 0.351. The molecule has 2 saturated heterocycles. The van der Waals surface area contributed by atoms with Crippen molar-refractivity contribution in [3.8, 4) is 11.5 Å². The van der Waals surface area contributed by atoms with Crippen LogP contribution in [-0.4, -0.2) is 74.8 Å². The lowest BCUT2D eigenvalue weighted by Gasteiger charge is -2.38. The number of esters is 1. The summed E-state index contributed by atoms with van der Waals surface area (Å²) >= 11 is 0. The van der Waals surface area contributed by atoms with E-state index in [-0.39, 0.29) is 35.9 Å². The van der Waals surface area contributed by atoms with Gasteiger partial charge in [0.1, 0.15) is 29.8 Å². The fourth-order valence-electron chi connectivity index (χ4n) is 4.33. The van der Waals surface area contributed by atoms with E-state index in [0.29, 0.717) is 12.8 Å². The van der Waals surface area contributed by atoms with Gasteiger partial charge in [-0.05, 0) is 48.2 Å². The molecule has 10 nitrogen and oxygen atoms in total. The lowest BCUT2D eigenvalue weighted by atomic mass is 9.85. The standard InChI is InChI=1S/C24H26O10/c25-15-5-1-3-13(8-15)10-17-14(11-32-23(17)31)7-12-4-2-6-16(9-12)33-24-20(28)18(26)19(27)21(34-24)22(29)30/h1-6,8-9,14,17-21,24-28H,7,10-11H2,(H,29,30)/t14-,17+,18+,19+,20-,21+,24-/m1/s1. The Hall–Kier alpha value is -3.18. The first-order valence-electron chi connectivity index (χ1n) is 10.9. The molecule has 0 aromatic heterocycles. The second-order valence-corrected chi connectivity index (χ2v) is 8.58. The third-order valence-electron chi connectivity index (χ3n) is 6.14. The Kier molecular flexibility index (Phi) is 7.03. The Bertz CT molecular complexity index is 1040. The molecule has 182 valence electrons. The number of carboxylic acid groups (broad SMARTS) is 1. The maximum atomic E-state index is 12.3. The van der Waals surface area contributed by atoms with Crippen LogP contribution >= 0.6 is 0 Å². The first-order chi connectivity index (χ1) is 16.2. The van der Waals surface area contributed by atoms with Crippen LogP contribution in [0.5, 0.6) is 11.5 Å². The summed E-state index contributed by atoms with van der Waals surface area (Å²) in [6, 6.07) is 13.5. The van der Waals surface area contributed by atoms with E-state index in [2.05, 4.69) is 0 Å². The van der Waals surface area contributed by atoms with Gasteiger partial charge in [-0.3, -0.25) is 4.79 Å². The Morgan fingerprint density at radius 2 is 1.68 bits per heavy atom. The van der Waals surface area contributed by atoms with Gasteiger partial charge in [0.05, 0.1) is 12.5 Å². The van der Waals surface area contributed by atoms with Crippen LogP contribution < -0.4 is 4.74 Å². The van der Waals surface area contributed by atoms with E-state index in [0.717, 1.165) is 11.1 Å². The van der Waals surface area contributed by atoms with E-state index in [4.69, 9.17) is 14.2 Å². The highest BCUT2D eigenvalue weighted by Gasteiger charge is 2.48. The van der Waals surface area contributed by atoms with Crippen LogP contribution in [-0.2, 0) is 31.9 Å². The highest BCUT2D eigenvalue weighted by molar-refractivity contribution is 5.75. The molecule has 0 spiro atoms. The van der Waals surface area contributed by atoms with Gasteiger partial charge >= 0.3 is 11.9 Å². The SMILES string of the molecule is O=C1OC[C@@H](Cc2cccc(O[C@@H]3O[C@H](C(=O)O)[C@@H](O)[C@H](O)[C@H]3O)c2)[C@@H]1Cc1cccc(O)c1. The Morgan fingerprint density at radius 3 is 2.38 bits per heavy atom. The summed E-state index contributed by atoms with van der Waals surface area (Å²) in [7, 11) is 0. The van der Waals surface area contributed by atoms with E-state index >= 15 is 0 Å². The number of aliphatic hydroxyl groups excluding tert-OH is 3. The fourth-order valence-corrected chi connectivity index (χ4v) is 4.33. The molecule has 0 saturated carbocycles. The number of ether oxygens (including phenoxy) is 3. The molecule has 2 heterocycles. The number of benzene rings is 2. The van der Waals surface area contributed by atoms with Crippen LogP contribution in [0.15, 0.2) is 48.5 Å². The molecule has 0 bridgehead atoms. The minimum atomic E-state index is -1.80. The van der Waals surface area contributed by atoms with Gasteiger partial charge in [-0.25, -0.2) is 4.79 Å². The molecular formula is C24H26O10. The van der Waals surface area contributed by atoms with E-state index < -0.39 is 36.7 Å². The molecule has 10 heteroatoms. The number of hydrogen-bond acceptors (Lipinski definition) is 9. The molecule has 2 aromatic carbocycles. The van der Waals surface area contributed by atoms with Crippen molar-refractivity contribution in [2.45, 2.75) is 43.5 Å². The van der Waals surface area contributed by atoms with Gasteiger partial charge in [0.2, 0.25) is 6.29 Å². The van der Waals surface area contributed by atoms with Crippen molar-refractivity contribution in [2.24, 2.45) is 11.8 Å². The number of hydrogen-bond donors (Lipinski definition) is 5. The second-order valence-electron chi connectivity index (χ2n) is 8.58.